The van der Waals surface area contributed by atoms with Gasteiger partial charge in [0.25, 0.3) is 0 Å². The first kappa shape index (κ1) is 12.5. The molecule has 1 atom stereocenters. The van der Waals surface area contributed by atoms with Crippen LogP contribution in [0.15, 0.2) is 24.3 Å². The van der Waals surface area contributed by atoms with E-state index in [2.05, 4.69) is 18.3 Å². The van der Waals surface area contributed by atoms with Crippen molar-refractivity contribution >= 4 is 0 Å². The zero-order valence-electron chi connectivity index (χ0n) is 9.86. The highest BCUT2D eigenvalue weighted by Gasteiger charge is 2.06. The van der Waals surface area contributed by atoms with Crippen molar-refractivity contribution in [2.45, 2.75) is 32.9 Å². The molecule has 16 heavy (non-hydrogen) atoms. The molecule has 0 aliphatic rings. The molecule has 0 saturated carbocycles. The molecular weight excluding hydrogens is 200 g/mol. The van der Waals surface area contributed by atoms with E-state index < -0.39 is 6.10 Å². The molecule has 0 aliphatic carbocycles. The molecule has 0 aliphatic heterocycles. The molecule has 0 spiro atoms. The second kappa shape index (κ2) is 6.86. The maximum Gasteiger partial charge on any atom is 0.181 e. The molecule has 0 saturated heterocycles. The van der Waals surface area contributed by atoms with Gasteiger partial charge in [0.05, 0.1) is 0 Å². The van der Waals surface area contributed by atoms with Crippen LogP contribution in [0.1, 0.15) is 25.8 Å². The van der Waals surface area contributed by atoms with E-state index in [-0.39, 0.29) is 0 Å². The lowest BCUT2D eigenvalue weighted by molar-refractivity contribution is 0.273. The van der Waals surface area contributed by atoms with Gasteiger partial charge in [-0.25, -0.2) is 0 Å². The number of nitriles is 1. The van der Waals surface area contributed by atoms with Crippen LogP contribution in [-0.4, -0.2) is 12.6 Å². The van der Waals surface area contributed by atoms with Crippen LogP contribution in [0.2, 0.25) is 0 Å². The van der Waals surface area contributed by atoms with Gasteiger partial charge in [0.15, 0.2) is 6.10 Å². The molecule has 0 amide bonds. The quantitative estimate of drug-likeness (QED) is 0.746. The van der Waals surface area contributed by atoms with E-state index >= 15 is 0 Å². The normalized spacial score (nSPS) is 11.8. The van der Waals surface area contributed by atoms with Gasteiger partial charge >= 0.3 is 0 Å². The number of hydrogen-bond acceptors (Lipinski definition) is 3. The van der Waals surface area contributed by atoms with Crippen LogP contribution >= 0.6 is 0 Å². The van der Waals surface area contributed by atoms with Gasteiger partial charge in [-0.05, 0) is 26.0 Å². The fourth-order valence-electron chi connectivity index (χ4n) is 1.38. The topological polar surface area (TPSA) is 45.0 Å². The first-order valence-electron chi connectivity index (χ1n) is 5.62. The summed E-state index contributed by atoms with van der Waals surface area (Å²) >= 11 is 0. The highest BCUT2D eigenvalue weighted by molar-refractivity contribution is 5.33. The van der Waals surface area contributed by atoms with Gasteiger partial charge in [-0.1, -0.05) is 25.1 Å². The summed E-state index contributed by atoms with van der Waals surface area (Å²) in [5, 5.41) is 12.0. The zero-order chi connectivity index (χ0) is 11.8. The van der Waals surface area contributed by atoms with E-state index in [9.17, 15) is 0 Å². The fraction of sp³-hybridized carbons (Fsp3) is 0.462. The Morgan fingerprint density at radius 3 is 2.88 bits per heavy atom. The summed E-state index contributed by atoms with van der Waals surface area (Å²) in [6.45, 7) is 5.65. The molecule has 0 bridgehead atoms. The van der Waals surface area contributed by atoms with Gasteiger partial charge in [0.2, 0.25) is 0 Å². The maximum absolute atomic E-state index is 8.71. The van der Waals surface area contributed by atoms with Gasteiger partial charge in [0, 0.05) is 12.1 Å². The average molecular weight is 218 g/mol. The van der Waals surface area contributed by atoms with E-state index in [0.717, 1.165) is 30.8 Å². The van der Waals surface area contributed by atoms with Crippen molar-refractivity contribution < 1.29 is 4.74 Å². The van der Waals surface area contributed by atoms with E-state index in [1.807, 2.05) is 24.3 Å². The summed E-state index contributed by atoms with van der Waals surface area (Å²) in [6.07, 6.45) is 0.699. The van der Waals surface area contributed by atoms with Gasteiger partial charge in [-0.15, -0.1) is 0 Å². The number of benzene rings is 1. The first-order valence-corrected chi connectivity index (χ1v) is 5.62. The second-order valence-corrected chi connectivity index (χ2v) is 3.67. The Morgan fingerprint density at radius 1 is 1.44 bits per heavy atom. The summed E-state index contributed by atoms with van der Waals surface area (Å²) in [4.78, 5) is 0. The van der Waals surface area contributed by atoms with Crippen molar-refractivity contribution in [3.8, 4) is 11.8 Å². The monoisotopic (exact) mass is 218 g/mol. The standard InChI is InChI=1S/C13H18N2O/c1-3-8-15-10-12-6-4-5-7-13(12)16-11(2)9-14/h4-7,11,15H,3,8,10H2,1-2H3. The number of para-hydroxylation sites is 1. The Morgan fingerprint density at radius 2 is 2.19 bits per heavy atom. The fourth-order valence-corrected chi connectivity index (χ4v) is 1.38. The van der Waals surface area contributed by atoms with Crippen LogP contribution in [-0.2, 0) is 6.54 Å². The van der Waals surface area contributed by atoms with E-state index in [1.165, 1.54) is 0 Å². The number of hydrogen-bond donors (Lipinski definition) is 1. The summed E-state index contributed by atoms with van der Waals surface area (Å²) in [5.41, 5.74) is 1.10. The van der Waals surface area contributed by atoms with Crippen molar-refractivity contribution in [3.63, 3.8) is 0 Å². The Bertz CT molecular complexity index is 357. The van der Waals surface area contributed by atoms with Gasteiger partial charge < -0.3 is 10.1 Å². The summed E-state index contributed by atoms with van der Waals surface area (Å²) in [5.74, 6) is 0.792. The number of nitrogens with one attached hydrogen (secondary N) is 1. The first-order chi connectivity index (χ1) is 7.77. The smallest absolute Gasteiger partial charge is 0.181 e. The minimum Gasteiger partial charge on any atom is -0.476 e. The molecule has 3 nitrogen and oxygen atoms in total. The van der Waals surface area contributed by atoms with Crippen LogP contribution in [0.25, 0.3) is 0 Å². The van der Waals surface area contributed by atoms with Gasteiger partial charge in [-0.3, -0.25) is 0 Å². The van der Waals surface area contributed by atoms with E-state index in [4.69, 9.17) is 10.00 Å². The van der Waals surface area contributed by atoms with Crippen molar-refractivity contribution in [1.29, 1.82) is 5.26 Å². The lowest BCUT2D eigenvalue weighted by atomic mass is 10.2. The van der Waals surface area contributed by atoms with Crippen LogP contribution in [0.5, 0.6) is 5.75 Å². The largest absolute Gasteiger partial charge is 0.476 e. The number of rotatable bonds is 6. The molecule has 1 aromatic rings. The number of nitrogens with zero attached hydrogens (tertiary/aromatic N) is 1. The Labute approximate surface area is 97.0 Å². The van der Waals surface area contributed by atoms with E-state index in [0.29, 0.717) is 0 Å². The zero-order valence-corrected chi connectivity index (χ0v) is 9.86. The van der Waals surface area contributed by atoms with Crippen molar-refractivity contribution in [3.05, 3.63) is 29.8 Å². The molecule has 0 radical (unpaired) electrons. The lowest BCUT2D eigenvalue weighted by Crippen LogP contribution is -2.16. The Balaban J connectivity index is 2.64. The van der Waals surface area contributed by atoms with Crippen LogP contribution in [0.4, 0.5) is 0 Å². The third kappa shape index (κ3) is 3.92. The predicted octanol–water partition coefficient (Wildman–Crippen LogP) is 2.48. The molecule has 0 aromatic heterocycles. The molecule has 86 valence electrons. The van der Waals surface area contributed by atoms with Crippen molar-refractivity contribution in [1.82, 2.24) is 5.32 Å². The highest BCUT2D eigenvalue weighted by atomic mass is 16.5. The predicted molar refractivity (Wildman–Crippen MR) is 64.1 cm³/mol. The molecule has 1 unspecified atom stereocenters. The molecule has 1 rings (SSSR count). The Kier molecular flexibility index (Phi) is 5.38. The number of ether oxygens (including phenoxy) is 1. The molecule has 1 N–H and O–H groups in total. The molecule has 0 fully saturated rings. The Hall–Kier alpha value is -1.53. The summed E-state index contributed by atoms with van der Waals surface area (Å²) < 4.78 is 5.52. The third-order valence-corrected chi connectivity index (χ3v) is 2.20. The van der Waals surface area contributed by atoms with Gasteiger partial charge in [-0.2, -0.15) is 5.26 Å². The highest BCUT2D eigenvalue weighted by Crippen LogP contribution is 2.18. The van der Waals surface area contributed by atoms with Crippen molar-refractivity contribution in [2.24, 2.45) is 0 Å². The minimum absolute atomic E-state index is 0.410. The van der Waals surface area contributed by atoms with Gasteiger partial charge in [0.1, 0.15) is 11.8 Å². The SMILES string of the molecule is CCCNCc1ccccc1OC(C)C#N. The minimum atomic E-state index is -0.410. The van der Waals surface area contributed by atoms with E-state index in [1.54, 1.807) is 6.92 Å². The molecular formula is C13H18N2O. The lowest BCUT2D eigenvalue weighted by Gasteiger charge is -2.12. The summed E-state index contributed by atoms with van der Waals surface area (Å²) in [6, 6.07) is 9.88. The van der Waals surface area contributed by atoms with Crippen LogP contribution in [0, 0.1) is 11.3 Å². The maximum atomic E-state index is 8.71. The van der Waals surface area contributed by atoms with Crippen molar-refractivity contribution in [2.75, 3.05) is 6.54 Å². The summed E-state index contributed by atoms with van der Waals surface area (Å²) in [7, 11) is 0. The molecule has 1 aromatic carbocycles. The van der Waals surface area contributed by atoms with Crippen LogP contribution in [0.3, 0.4) is 0 Å². The second-order valence-electron chi connectivity index (χ2n) is 3.67. The molecule has 3 heteroatoms. The molecule has 0 heterocycles. The van der Waals surface area contributed by atoms with Crippen LogP contribution < -0.4 is 10.1 Å². The third-order valence-electron chi connectivity index (χ3n) is 2.20. The average Bonchev–Trinajstić information content (AvgIpc) is 2.31.